The highest BCUT2D eigenvalue weighted by molar-refractivity contribution is 9.10. The number of benzene rings is 1. The lowest BCUT2D eigenvalue weighted by Crippen LogP contribution is -2.07. The molecule has 0 aliphatic carbocycles. The Balaban J connectivity index is 1.68. The fourth-order valence-corrected chi connectivity index (χ4v) is 3.05. The molecule has 8 heteroatoms. The summed E-state index contributed by atoms with van der Waals surface area (Å²) in [5.74, 6) is -0.0850. The molecule has 0 spiro atoms. The molecule has 0 aliphatic rings. The van der Waals surface area contributed by atoms with Gasteiger partial charge in [0.15, 0.2) is 21.4 Å². The molecule has 0 atom stereocenters. The van der Waals surface area contributed by atoms with Crippen molar-refractivity contribution in [3.8, 4) is 17.0 Å². The Hall–Kier alpha value is -2.45. The fourth-order valence-electron chi connectivity index (χ4n) is 2.01. The van der Waals surface area contributed by atoms with Gasteiger partial charge < -0.3 is 9.15 Å². The van der Waals surface area contributed by atoms with Gasteiger partial charge in [0.25, 0.3) is 0 Å². The summed E-state index contributed by atoms with van der Waals surface area (Å²) in [7, 11) is 1.41. The molecule has 0 bridgehead atoms. The van der Waals surface area contributed by atoms with Crippen LogP contribution in [0.15, 0.2) is 50.9 Å². The molecule has 2 aromatic heterocycles. The second kappa shape index (κ2) is 7.62. The SMILES string of the molecule is COc1ccc(-c2csc(NC(=O)/C=C/c3ccc(Br)o3)n2)cc1F. The summed E-state index contributed by atoms with van der Waals surface area (Å²) in [5.41, 5.74) is 1.17. The lowest BCUT2D eigenvalue weighted by molar-refractivity contribution is -0.111. The van der Waals surface area contributed by atoms with E-state index in [0.717, 1.165) is 0 Å². The molecule has 0 saturated heterocycles. The van der Waals surface area contributed by atoms with Crippen molar-refractivity contribution in [2.75, 3.05) is 12.4 Å². The van der Waals surface area contributed by atoms with Crippen molar-refractivity contribution in [2.45, 2.75) is 0 Å². The van der Waals surface area contributed by atoms with Gasteiger partial charge in [-0.15, -0.1) is 11.3 Å². The Bertz CT molecular complexity index is 936. The molecule has 0 saturated carbocycles. The van der Waals surface area contributed by atoms with Crippen LogP contribution in [0.4, 0.5) is 9.52 Å². The van der Waals surface area contributed by atoms with Crippen molar-refractivity contribution in [2.24, 2.45) is 0 Å². The topological polar surface area (TPSA) is 64.4 Å². The van der Waals surface area contributed by atoms with Gasteiger partial charge in [-0.05, 0) is 52.3 Å². The van der Waals surface area contributed by atoms with Gasteiger partial charge >= 0.3 is 0 Å². The molecule has 128 valence electrons. The minimum absolute atomic E-state index is 0.169. The molecule has 5 nitrogen and oxygen atoms in total. The number of ether oxygens (including phenoxy) is 1. The number of nitrogens with zero attached hydrogens (tertiary/aromatic N) is 1. The highest BCUT2D eigenvalue weighted by Gasteiger charge is 2.10. The highest BCUT2D eigenvalue weighted by Crippen LogP contribution is 2.28. The van der Waals surface area contributed by atoms with Crippen LogP contribution in [0.3, 0.4) is 0 Å². The van der Waals surface area contributed by atoms with Gasteiger partial charge in [0.05, 0.1) is 12.8 Å². The first-order valence-corrected chi connectivity index (χ1v) is 8.76. The maximum Gasteiger partial charge on any atom is 0.250 e. The van der Waals surface area contributed by atoms with Crippen LogP contribution in [0.25, 0.3) is 17.3 Å². The standard InChI is InChI=1S/C17H12BrFN2O3S/c1-23-14-5-2-10(8-12(14)19)13-9-25-17(20-13)21-16(22)7-4-11-3-6-15(18)24-11/h2-9H,1H3,(H,20,21,22)/b7-4+. The molecule has 1 aromatic carbocycles. The fraction of sp³-hybridized carbons (Fsp3) is 0.0588. The molecule has 0 unspecified atom stereocenters. The van der Waals surface area contributed by atoms with Crippen LogP contribution in [-0.4, -0.2) is 18.0 Å². The van der Waals surface area contributed by atoms with Gasteiger partial charge in [0.2, 0.25) is 5.91 Å². The zero-order valence-electron chi connectivity index (χ0n) is 13.0. The molecular weight excluding hydrogens is 411 g/mol. The van der Waals surface area contributed by atoms with E-state index in [1.165, 1.54) is 36.7 Å². The third kappa shape index (κ3) is 4.34. The third-order valence-corrected chi connectivity index (χ3v) is 4.36. The number of aromatic nitrogens is 1. The molecular formula is C17H12BrFN2O3S. The van der Waals surface area contributed by atoms with Gasteiger partial charge in [0, 0.05) is 17.0 Å². The van der Waals surface area contributed by atoms with E-state index in [1.54, 1.807) is 29.7 Å². The normalized spacial score (nSPS) is 11.0. The van der Waals surface area contributed by atoms with E-state index in [2.05, 4.69) is 26.2 Å². The Morgan fingerprint density at radius 1 is 1.40 bits per heavy atom. The number of anilines is 1. The first kappa shape index (κ1) is 17.4. The van der Waals surface area contributed by atoms with Gasteiger partial charge in [-0.3, -0.25) is 10.1 Å². The molecule has 25 heavy (non-hydrogen) atoms. The molecule has 1 amide bonds. The van der Waals surface area contributed by atoms with E-state index in [1.807, 2.05) is 0 Å². The van der Waals surface area contributed by atoms with Gasteiger partial charge in [0.1, 0.15) is 5.76 Å². The Labute approximate surface area is 155 Å². The minimum Gasteiger partial charge on any atom is -0.494 e. The molecule has 2 heterocycles. The number of hydrogen-bond donors (Lipinski definition) is 1. The number of rotatable bonds is 5. The van der Waals surface area contributed by atoms with Crippen molar-refractivity contribution >= 4 is 44.4 Å². The van der Waals surface area contributed by atoms with E-state index < -0.39 is 5.82 Å². The summed E-state index contributed by atoms with van der Waals surface area (Å²) in [6.07, 6.45) is 2.90. The summed E-state index contributed by atoms with van der Waals surface area (Å²) >= 11 is 4.44. The molecule has 0 fully saturated rings. The number of methoxy groups -OCH3 is 1. The maximum absolute atomic E-state index is 13.8. The lowest BCUT2D eigenvalue weighted by atomic mass is 10.1. The van der Waals surface area contributed by atoms with Crippen LogP contribution < -0.4 is 10.1 Å². The molecule has 3 aromatic rings. The second-order valence-corrected chi connectivity index (χ2v) is 6.49. The van der Waals surface area contributed by atoms with Crippen molar-refractivity contribution in [3.63, 3.8) is 0 Å². The zero-order chi connectivity index (χ0) is 17.8. The Morgan fingerprint density at radius 3 is 2.92 bits per heavy atom. The van der Waals surface area contributed by atoms with E-state index in [-0.39, 0.29) is 11.7 Å². The van der Waals surface area contributed by atoms with Gasteiger partial charge in [-0.1, -0.05) is 0 Å². The summed E-state index contributed by atoms with van der Waals surface area (Å²) in [5, 5.41) is 4.81. The number of thiazole rings is 1. The van der Waals surface area contributed by atoms with Crippen LogP contribution >= 0.6 is 27.3 Å². The van der Waals surface area contributed by atoms with Crippen LogP contribution in [0, 0.1) is 5.82 Å². The average Bonchev–Trinajstić information content (AvgIpc) is 3.22. The molecule has 0 aliphatic heterocycles. The highest BCUT2D eigenvalue weighted by atomic mass is 79.9. The van der Waals surface area contributed by atoms with Crippen LogP contribution in [0.5, 0.6) is 5.75 Å². The predicted octanol–water partition coefficient (Wildman–Crippen LogP) is 4.97. The number of nitrogens with one attached hydrogen (secondary N) is 1. The van der Waals surface area contributed by atoms with Crippen molar-refractivity contribution in [3.05, 3.63) is 58.0 Å². The molecule has 3 rings (SSSR count). The minimum atomic E-state index is -0.467. The number of carbonyl (C=O) groups excluding carboxylic acids is 1. The molecule has 0 radical (unpaired) electrons. The van der Waals surface area contributed by atoms with E-state index in [9.17, 15) is 9.18 Å². The van der Waals surface area contributed by atoms with Crippen LogP contribution in [-0.2, 0) is 4.79 Å². The van der Waals surface area contributed by atoms with E-state index >= 15 is 0 Å². The maximum atomic E-state index is 13.8. The van der Waals surface area contributed by atoms with Crippen LogP contribution in [0.1, 0.15) is 5.76 Å². The predicted molar refractivity (Wildman–Crippen MR) is 98.1 cm³/mol. The molecule has 1 N–H and O–H groups in total. The number of furan rings is 1. The largest absolute Gasteiger partial charge is 0.494 e. The van der Waals surface area contributed by atoms with Crippen molar-refractivity contribution in [1.82, 2.24) is 4.98 Å². The summed E-state index contributed by atoms with van der Waals surface area (Å²) < 4.78 is 24.5. The van der Waals surface area contributed by atoms with E-state index in [0.29, 0.717) is 26.8 Å². The monoisotopic (exact) mass is 422 g/mol. The number of carbonyl (C=O) groups is 1. The number of amides is 1. The lowest BCUT2D eigenvalue weighted by Gasteiger charge is -2.03. The Kier molecular flexibility index (Phi) is 5.30. The number of halogens is 2. The first-order chi connectivity index (χ1) is 12.0. The summed E-state index contributed by atoms with van der Waals surface area (Å²) in [6.45, 7) is 0. The second-order valence-electron chi connectivity index (χ2n) is 4.85. The zero-order valence-corrected chi connectivity index (χ0v) is 15.4. The van der Waals surface area contributed by atoms with Gasteiger partial charge in [-0.2, -0.15) is 0 Å². The van der Waals surface area contributed by atoms with E-state index in [4.69, 9.17) is 9.15 Å². The summed E-state index contributed by atoms with van der Waals surface area (Å²) in [6, 6.07) is 8.05. The van der Waals surface area contributed by atoms with Crippen LogP contribution in [0.2, 0.25) is 0 Å². The third-order valence-electron chi connectivity index (χ3n) is 3.17. The first-order valence-electron chi connectivity index (χ1n) is 7.09. The van der Waals surface area contributed by atoms with Crippen molar-refractivity contribution < 1.29 is 18.3 Å². The Morgan fingerprint density at radius 2 is 2.24 bits per heavy atom. The smallest absolute Gasteiger partial charge is 0.250 e. The van der Waals surface area contributed by atoms with Gasteiger partial charge in [-0.25, -0.2) is 9.37 Å². The average molecular weight is 423 g/mol. The van der Waals surface area contributed by atoms with Crippen molar-refractivity contribution in [1.29, 1.82) is 0 Å². The number of hydrogen-bond acceptors (Lipinski definition) is 5. The summed E-state index contributed by atoms with van der Waals surface area (Å²) in [4.78, 5) is 16.2. The quantitative estimate of drug-likeness (QED) is 0.589.